The number of carboxylic acid groups (broad SMARTS) is 1. The first-order chi connectivity index (χ1) is 11.4. The summed E-state index contributed by atoms with van der Waals surface area (Å²) in [5.74, 6) is -0.200. The van der Waals surface area contributed by atoms with Crippen LogP contribution in [0.15, 0.2) is 36.5 Å². The molecule has 3 aromatic rings. The van der Waals surface area contributed by atoms with Crippen LogP contribution in [0.1, 0.15) is 16.2 Å². The molecule has 0 spiro atoms. The van der Waals surface area contributed by atoms with E-state index < -0.39 is 11.9 Å². The average Bonchev–Trinajstić information content (AvgIpc) is 2.86. The average molecular weight is 346 g/mol. The number of halogens is 1. The topological polar surface area (TPSA) is 107 Å². The van der Waals surface area contributed by atoms with E-state index in [0.29, 0.717) is 16.2 Å². The highest BCUT2D eigenvalue weighted by atomic mass is 35.5. The van der Waals surface area contributed by atoms with Gasteiger partial charge < -0.3 is 15.6 Å². The number of ketones is 1. The Morgan fingerprint density at radius 2 is 2.04 bits per heavy atom. The van der Waals surface area contributed by atoms with Gasteiger partial charge in [0.1, 0.15) is 17.1 Å². The maximum atomic E-state index is 12.8. The molecular weight excluding hydrogens is 334 g/mol. The number of aromatic nitrogens is 2. The van der Waals surface area contributed by atoms with Gasteiger partial charge in [-0.25, -0.2) is 9.36 Å². The molecule has 0 amide bonds. The molecule has 0 bridgehead atoms. The summed E-state index contributed by atoms with van der Waals surface area (Å²) in [5.41, 5.74) is 6.16. The standard InChI is InChI=1S/C16H12ClN3O4/c1-24-9-4-5-19-11(7-9)15(21)14-13(18)10-3-2-8(17)6-12(10)20(14)16(22)23/h2-7H,18H2,1H3,(H,22,23). The molecule has 2 heterocycles. The lowest BCUT2D eigenvalue weighted by Gasteiger charge is -2.06. The molecule has 1 aromatic carbocycles. The maximum Gasteiger partial charge on any atom is 0.416 e. The Kier molecular flexibility index (Phi) is 3.86. The molecule has 24 heavy (non-hydrogen) atoms. The number of carbonyl (C=O) groups is 2. The number of anilines is 1. The fourth-order valence-corrected chi connectivity index (χ4v) is 2.66. The predicted molar refractivity (Wildman–Crippen MR) is 89.0 cm³/mol. The van der Waals surface area contributed by atoms with Crippen molar-refractivity contribution in [1.82, 2.24) is 9.55 Å². The number of hydrogen-bond acceptors (Lipinski definition) is 5. The second kappa shape index (κ2) is 5.86. The van der Waals surface area contributed by atoms with Crippen LogP contribution in [0.4, 0.5) is 10.5 Å². The minimum Gasteiger partial charge on any atom is -0.497 e. The summed E-state index contributed by atoms with van der Waals surface area (Å²) in [6.07, 6.45) is 0.0533. The van der Waals surface area contributed by atoms with Crippen LogP contribution >= 0.6 is 11.6 Å². The summed E-state index contributed by atoms with van der Waals surface area (Å²) in [6, 6.07) is 7.58. The van der Waals surface area contributed by atoms with Gasteiger partial charge in [-0.15, -0.1) is 0 Å². The Morgan fingerprint density at radius 3 is 2.71 bits per heavy atom. The van der Waals surface area contributed by atoms with Crippen LogP contribution < -0.4 is 10.5 Å². The van der Waals surface area contributed by atoms with Gasteiger partial charge in [0.05, 0.1) is 18.3 Å². The highest BCUT2D eigenvalue weighted by Crippen LogP contribution is 2.32. The zero-order valence-electron chi connectivity index (χ0n) is 12.5. The van der Waals surface area contributed by atoms with Crippen LogP contribution in [0.5, 0.6) is 5.75 Å². The van der Waals surface area contributed by atoms with Crippen molar-refractivity contribution in [3.8, 4) is 5.75 Å². The molecule has 0 radical (unpaired) electrons. The molecule has 3 rings (SSSR count). The van der Waals surface area contributed by atoms with Crippen LogP contribution in [0, 0.1) is 0 Å². The molecule has 0 fully saturated rings. The smallest absolute Gasteiger partial charge is 0.416 e. The van der Waals surface area contributed by atoms with Crippen LogP contribution in [0.3, 0.4) is 0 Å². The lowest BCUT2D eigenvalue weighted by Crippen LogP contribution is -2.18. The zero-order valence-corrected chi connectivity index (χ0v) is 13.2. The first-order valence-corrected chi connectivity index (χ1v) is 7.19. The fraction of sp³-hybridized carbons (Fsp3) is 0.0625. The molecule has 3 N–H and O–H groups in total. The molecule has 7 nitrogen and oxygen atoms in total. The molecule has 122 valence electrons. The van der Waals surface area contributed by atoms with Crippen LogP contribution in [0.2, 0.25) is 5.02 Å². The highest BCUT2D eigenvalue weighted by molar-refractivity contribution is 6.31. The van der Waals surface area contributed by atoms with Crippen molar-refractivity contribution < 1.29 is 19.4 Å². The van der Waals surface area contributed by atoms with Crippen molar-refractivity contribution in [3.05, 3.63) is 52.9 Å². The van der Waals surface area contributed by atoms with Crippen LogP contribution in [-0.4, -0.2) is 33.6 Å². The number of hydrogen-bond donors (Lipinski definition) is 2. The second-order valence-electron chi connectivity index (χ2n) is 4.95. The first kappa shape index (κ1) is 15.8. The summed E-state index contributed by atoms with van der Waals surface area (Å²) in [6.45, 7) is 0. The molecule has 0 aliphatic rings. The number of fused-ring (bicyclic) bond motifs is 1. The Morgan fingerprint density at radius 1 is 1.29 bits per heavy atom. The van der Waals surface area contributed by atoms with Crippen molar-refractivity contribution in [3.63, 3.8) is 0 Å². The number of carbonyl (C=O) groups excluding carboxylic acids is 1. The molecule has 2 aromatic heterocycles. The Hall–Kier alpha value is -3.06. The number of ether oxygens (including phenoxy) is 1. The number of nitrogens with zero attached hydrogens (tertiary/aromatic N) is 2. The Labute approximate surface area is 141 Å². The molecule has 0 saturated carbocycles. The van der Waals surface area contributed by atoms with Crippen molar-refractivity contribution >= 4 is 40.1 Å². The molecular formula is C16H12ClN3O4. The quantitative estimate of drug-likeness (QED) is 0.706. The molecule has 0 saturated heterocycles. The Bertz CT molecular complexity index is 981. The fourth-order valence-electron chi connectivity index (χ4n) is 2.49. The van der Waals surface area contributed by atoms with E-state index in [1.54, 1.807) is 18.2 Å². The molecule has 0 aliphatic heterocycles. The van der Waals surface area contributed by atoms with E-state index in [9.17, 15) is 14.7 Å². The van der Waals surface area contributed by atoms with Gasteiger partial charge in [0, 0.05) is 22.7 Å². The highest BCUT2D eigenvalue weighted by Gasteiger charge is 2.26. The van der Waals surface area contributed by atoms with Gasteiger partial charge in [0.15, 0.2) is 0 Å². The summed E-state index contributed by atoms with van der Waals surface area (Å²) < 4.78 is 5.88. The van der Waals surface area contributed by atoms with Crippen molar-refractivity contribution in [2.45, 2.75) is 0 Å². The number of benzene rings is 1. The summed E-state index contributed by atoms with van der Waals surface area (Å²) in [4.78, 5) is 28.5. The third kappa shape index (κ3) is 2.44. The van der Waals surface area contributed by atoms with Crippen LogP contribution in [-0.2, 0) is 0 Å². The van der Waals surface area contributed by atoms with Crippen molar-refractivity contribution in [1.29, 1.82) is 0 Å². The minimum atomic E-state index is -1.34. The molecule has 0 atom stereocenters. The number of methoxy groups -OCH3 is 1. The third-order valence-electron chi connectivity index (χ3n) is 3.58. The Balaban J connectivity index is 2.28. The monoisotopic (exact) mass is 345 g/mol. The first-order valence-electron chi connectivity index (χ1n) is 6.81. The van der Waals surface area contributed by atoms with E-state index in [1.165, 1.54) is 25.4 Å². The van der Waals surface area contributed by atoms with Crippen molar-refractivity contribution in [2.75, 3.05) is 12.8 Å². The van der Waals surface area contributed by atoms with Crippen molar-refractivity contribution in [2.24, 2.45) is 0 Å². The van der Waals surface area contributed by atoms with E-state index in [-0.39, 0.29) is 22.6 Å². The lowest BCUT2D eigenvalue weighted by atomic mass is 10.1. The SMILES string of the molecule is COc1ccnc(C(=O)c2c(N)c3ccc(Cl)cc3n2C(=O)O)c1. The number of nitrogen functional groups attached to an aromatic ring is 1. The minimum absolute atomic E-state index is 0.0254. The van der Waals surface area contributed by atoms with Gasteiger partial charge >= 0.3 is 6.09 Å². The number of nitrogens with two attached hydrogens (primary N) is 1. The molecule has 0 unspecified atom stereocenters. The van der Waals surface area contributed by atoms with Crippen LogP contribution in [0.25, 0.3) is 10.9 Å². The van der Waals surface area contributed by atoms with Gasteiger partial charge in [-0.2, -0.15) is 0 Å². The van der Waals surface area contributed by atoms with Gasteiger partial charge in [0.2, 0.25) is 5.78 Å². The third-order valence-corrected chi connectivity index (χ3v) is 3.81. The largest absolute Gasteiger partial charge is 0.497 e. The van der Waals surface area contributed by atoms with E-state index in [1.807, 2.05) is 0 Å². The van der Waals surface area contributed by atoms with Gasteiger partial charge in [0.25, 0.3) is 0 Å². The lowest BCUT2D eigenvalue weighted by molar-refractivity contribution is 0.102. The number of rotatable bonds is 3. The summed E-state index contributed by atoms with van der Waals surface area (Å²) in [5, 5.41) is 10.3. The molecule has 0 aliphatic carbocycles. The number of pyridine rings is 1. The van der Waals surface area contributed by atoms with Gasteiger partial charge in [-0.1, -0.05) is 11.6 Å². The van der Waals surface area contributed by atoms with Gasteiger partial charge in [-0.3, -0.25) is 9.78 Å². The predicted octanol–water partition coefficient (Wildman–Crippen LogP) is 3.04. The van der Waals surface area contributed by atoms with E-state index in [4.69, 9.17) is 22.1 Å². The summed E-state index contributed by atoms with van der Waals surface area (Å²) in [7, 11) is 1.45. The summed E-state index contributed by atoms with van der Waals surface area (Å²) >= 11 is 5.93. The zero-order chi connectivity index (χ0) is 17.4. The maximum absolute atomic E-state index is 12.8. The normalized spacial score (nSPS) is 10.8. The second-order valence-corrected chi connectivity index (χ2v) is 5.39. The van der Waals surface area contributed by atoms with E-state index in [2.05, 4.69) is 4.98 Å². The van der Waals surface area contributed by atoms with Gasteiger partial charge in [-0.05, 0) is 24.3 Å². The van der Waals surface area contributed by atoms with E-state index in [0.717, 1.165) is 4.57 Å². The van der Waals surface area contributed by atoms with E-state index >= 15 is 0 Å². The molecule has 8 heteroatoms.